The highest BCUT2D eigenvalue weighted by Crippen LogP contribution is 2.25. The highest BCUT2D eigenvalue weighted by Gasteiger charge is 2.37. The monoisotopic (exact) mass is 403 g/mol. The van der Waals surface area contributed by atoms with Crippen molar-refractivity contribution in [3.8, 4) is 5.75 Å². The first kappa shape index (κ1) is 20.6. The summed E-state index contributed by atoms with van der Waals surface area (Å²) in [6, 6.07) is 8.41. The van der Waals surface area contributed by atoms with Gasteiger partial charge in [-0.05, 0) is 12.5 Å². The minimum absolute atomic E-state index is 0.0749. The Morgan fingerprint density at radius 3 is 2.76 bits per heavy atom. The first-order valence-corrected chi connectivity index (χ1v) is 10.8. The third kappa shape index (κ3) is 5.28. The molecular formula is C22H33N3O4. The minimum atomic E-state index is -0.0749. The van der Waals surface area contributed by atoms with Crippen molar-refractivity contribution in [2.24, 2.45) is 5.92 Å². The second-order valence-corrected chi connectivity index (χ2v) is 8.30. The lowest BCUT2D eigenvalue weighted by atomic mass is 10.1. The summed E-state index contributed by atoms with van der Waals surface area (Å²) in [4.78, 5) is 19.3. The lowest BCUT2D eigenvalue weighted by molar-refractivity contribution is -0.133. The Labute approximate surface area is 173 Å². The number of morpholine rings is 1. The van der Waals surface area contributed by atoms with Crippen LogP contribution in [0.4, 0.5) is 0 Å². The number of hydrogen-bond donors (Lipinski definition) is 0. The molecule has 1 amide bonds. The molecule has 0 saturated carbocycles. The van der Waals surface area contributed by atoms with Gasteiger partial charge in [-0.1, -0.05) is 18.2 Å². The maximum Gasteiger partial charge on any atom is 0.229 e. The third-order valence-corrected chi connectivity index (χ3v) is 6.17. The van der Waals surface area contributed by atoms with Crippen LogP contribution < -0.4 is 4.74 Å². The Hall–Kier alpha value is -1.67. The Bertz CT molecular complexity index is 680. The van der Waals surface area contributed by atoms with Crippen LogP contribution >= 0.6 is 0 Å². The van der Waals surface area contributed by atoms with Crippen LogP contribution in [0.1, 0.15) is 12.0 Å². The van der Waals surface area contributed by atoms with Crippen molar-refractivity contribution in [1.82, 2.24) is 14.7 Å². The van der Waals surface area contributed by atoms with Gasteiger partial charge in [0, 0.05) is 51.9 Å². The molecule has 0 aliphatic carbocycles. The number of rotatable bonds is 7. The molecular weight excluding hydrogens is 370 g/mol. The molecule has 0 N–H and O–H groups in total. The lowest BCUT2D eigenvalue weighted by Crippen LogP contribution is -2.42. The van der Waals surface area contributed by atoms with E-state index in [-0.39, 0.29) is 17.9 Å². The van der Waals surface area contributed by atoms with E-state index in [0.29, 0.717) is 19.8 Å². The number of para-hydroxylation sites is 1. The van der Waals surface area contributed by atoms with Crippen molar-refractivity contribution in [2.45, 2.75) is 19.0 Å². The standard InChI is InChI=1S/C22H33N3O4/c1-23-20-15-25(14-19(22(23)26)16-28-17-20)13-18-5-2-3-6-21(18)29-10-4-7-24-8-11-27-12-9-24/h2-3,5-6,19-20H,4,7-17H2,1H3/t19-,20+/m1/s1. The molecule has 0 unspecified atom stereocenters. The van der Waals surface area contributed by atoms with Crippen LogP contribution in [-0.2, 0) is 20.8 Å². The van der Waals surface area contributed by atoms with Gasteiger partial charge in [-0.15, -0.1) is 0 Å². The number of ether oxygens (including phenoxy) is 3. The summed E-state index contributed by atoms with van der Waals surface area (Å²) >= 11 is 0. The van der Waals surface area contributed by atoms with Crippen molar-refractivity contribution in [3.05, 3.63) is 29.8 Å². The van der Waals surface area contributed by atoms with Gasteiger partial charge in [-0.2, -0.15) is 0 Å². The summed E-state index contributed by atoms with van der Waals surface area (Å²) in [6.07, 6.45) is 1.01. The predicted octanol–water partition coefficient (Wildman–Crippen LogP) is 1.08. The SMILES string of the molecule is CN1C(=O)[C@H]2COC[C@@H]1CN(Cc1ccccc1OCCCN1CCOCC1)C2. The van der Waals surface area contributed by atoms with Gasteiger partial charge < -0.3 is 19.1 Å². The lowest BCUT2D eigenvalue weighted by Gasteiger charge is -2.29. The van der Waals surface area contributed by atoms with Crippen LogP contribution in [0.3, 0.4) is 0 Å². The van der Waals surface area contributed by atoms with Gasteiger partial charge in [0.2, 0.25) is 5.91 Å². The highest BCUT2D eigenvalue weighted by molar-refractivity contribution is 5.79. The summed E-state index contributed by atoms with van der Waals surface area (Å²) in [6.45, 7) is 9.00. The van der Waals surface area contributed by atoms with Gasteiger partial charge in [-0.3, -0.25) is 14.6 Å². The average molecular weight is 404 g/mol. The molecule has 29 heavy (non-hydrogen) atoms. The molecule has 7 heteroatoms. The molecule has 1 aromatic rings. The van der Waals surface area contributed by atoms with Crippen LogP contribution in [0.2, 0.25) is 0 Å². The fourth-order valence-corrected chi connectivity index (χ4v) is 4.43. The molecule has 3 saturated heterocycles. The van der Waals surface area contributed by atoms with Gasteiger partial charge >= 0.3 is 0 Å². The van der Waals surface area contributed by atoms with Gasteiger partial charge in [-0.25, -0.2) is 0 Å². The molecule has 160 valence electrons. The quantitative estimate of drug-likeness (QED) is 0.635. The molecule has 2 bridgehead atoms. The number of carbonyl (C=O) groups is 1. The number of nitrogens with zero attached hydrogens (tertiary/aromatic N) is 3. The van der Waals surface area contributed by atoms with Crippen LogP contribution in [0.25, 0.3) is 0 Å². The predicted molar refractivity (Wildman–Crippen MR) is 110 cm³/mol. The number of fused-ring (bicyclic) bond motifs is 3. The van der Waals surface area contributed by atoms with Crippen LogP contribution in [0.5, 0.6) is 5.75 Å². The maximum absolute atomic E-state index is 12.6. The van der Waals surface area contributed by atoms with E-state index in [9.17, 15) is 4.79 Å². The molecule has 3 heterocycles. The normalized spacial score (nSPS) is 26.4. The summed E-state index contributed by atoms with van der Waals surface area (Å²) in [5.74, 6) is 1.09. The van der Waals surface area contributed by atoms with Crippen LogP contribution in [0, 0.1) is 5.92 Å². The van der Waals surface area contributed by atoms with Crippen molar-refractivity contribution < 1.29 is 19.0 Å². The van der Waals surface area contributed by atoms with E-state index in [0.717, 1.165) is 64.7 Å². The smallest absolute Gasteiger partial charge is 0.229 e. The summed E-state index contributed by atoms with van der Waals surface area (Å²) in [5.41, 5.74) is 1.19. The molecule has 3 fully saturated rings. The molecule has 2 atom stereocenters. The number of carbonyl (C=O) groups excluding carboxylic acids is 1. The zero-order valence-electron chi connectivity index (χ0n) is 17.4. The fourth-order valence-electron chi connectivity index (χ4n) is 4.43. The molecule has 0 spiro atoms. The van der Waals surface area contributed by atoms with E-state index in [2.05, 4.69) is 28.0 Å². The molecule has 0 radical (unpaired) electrons. The van der Waals surface area contributed by atoms with E-state index >= 15 is 0 Å². The highest BCUT2D eigenvalue weighted by atomic mass is 16.5. The number of amides is 1. The minimum Gasteiger partial charge on any atom is -0.493 e. The molecule has 3 aliphatic heterocycles. The van der Waals surface area contributed by atoms with Crippen molar-refractivity contribution in [2.75, 3.05) is 72.8 Å². The van der Waals surface area contributed by atoms with Crippen molar-refractivity contribution >= 4 is 5.91 Å². The van der Waals surface area contributed by atoms with Crippen LogP contribution in [-0.4, -0.2) is 99.5 Å². The second-order valence-electron chi connectivity index (χ2n) is 8.30. The number of hydrogen-bond acceptors (Lipinski definition) is 6. The fraction of sp³-hybridized carbons (Fsp3) is 0.682. The van der Waals surface area contributed by atoms with E-state index in [4.69, 9.17) is 14.2 Å². The first-order valence-electron chi connectivity index (χ1n) is 10.8. The van der Waals surface area contributed by atoms with Crippen LogP contribution in [0.15, 0.2) is 24.3 Å². The van der Waals surface area contributed by atoms with E-state index in [1.165, 1.54) is 5.56 Å². The average Bonchev–Trinajstić information content (AvgIpc) is 2.92. The molecule has 4 rings (SSSR count). The Morgan fingerprint density at radius 1 is 1.07 bits per heavy atom. The van der Waals surface area contributed by atoms with Crippen molar-refractivity contribution in [1.29, 1.82) is 0 Å². The van der Waals surface area contributed by atoms with Gasteiger partial charge in [0.15, 0.2) is 0 Å². The molecule has 3 aliphatic rings. The van der Waals surface area contributed by atoms with Gasteiger partial charge in [0.05, 0.1) is 45.0 Å². The number of benzene rings is 1. The summed E-state index contributed by atoms with van der Waals surface area (Å²) < 4.78 is 17.3. The Morgan fingerprint density at radius 2 is 1.90 bits per heavy atom. The summed E-state index contributed by atoms with van der Waals surface area (Å²) in [7, 11) is 1.91. The Balaban J connectivity index is 1.32. The maximum atomic E-state index is 12.6. The topological polar surface area (TPSA) is 54.5 Å². The zero-order chi connectivity index (χ0) is 20.1. The van der Waals surface area contributed by atoms with E-state index in [1.54, 1.807) is 0 Å². The first-order chi connectivity index (χ1) is 14.2. The van der Waals surface area contributed by atoms with Gasteiger partial charge in [0.25, 0.3) is 0 Å². The van der Waals surface area contributed by atoms with Gasteiger partial charge in [0.1, 0.15) is 5.75 Å². The number of likely N-dealkylation sites (N-methyl/N-ethyl adjacent to an activating group) is 1. The van der Waals surface area contributed by atoms with E-state index < -0.39 is 0 Å². The van der Waals surface area contributed by atoms with E-state index in [1.807, 2.05) is 18.0 Å². The zero-order valence-corrected chi connectivity index (χ0v) is 17.4. The Kier molecular flexibility index (Phi) is 7.02. The van der Waals surface area contributed by atoms with Crippen molar-refractivity contribution in [3.63, 3.8) is 0 Å². The summed E-state index contributed by atoms with van der Waals surface area (Å²) in [5, 5.41) is 0. The molecule has 1 aromatic carbocycles. The molecule has 7 nitrogen and oxygen atoms in total. The molecule has 0 aromatic heterocycles. The third-order valence-electron chi connectivity index (χ3n) is 6.17. The second kappa shape index (κ2) is 9.89. The largest absolute Gasteiger partial charge is 0.493 e.